The molecule has 0 saturated carbocycles. The molecular formula is C16H10Br2F3N3O2S. The van der Waals surface area contributed by atoms with Crippen LogP contribution in [0.2, 0.25) is 0 Å². The molecule has 0 aliphatic rings. The number of benzene rings is 2. The van der Waals surface area contributed by atoms with Crippen LogP contribution in [0.15, 0.2) is 56.3 Å². The number of primary sulfonamides is 1. The van der Waals surface area contributed by atoms with E-state index in [0.29, 0.717) is 14.6 Å². The van der Waals surface area contributed by atoms with Crippen LogP contribution in [0, 0.1) is 5.82 Å². The van der Waals surface area contributed by atoms with Gasteiger partial charge in [-0.05, 0) is 36.4 Å². The smallest absolute Gasteiger partial charge is 0.233 e. The Morgan fingerprint density at radius 3 is 2.19 bits per heavy atom. The number of sulfonamides is 1. The molecule has 1 aromatic heterocycles. The van der Waals surface area contributed by atoms with Crippen LogP contribution in [0.25, 0.3) is 16.9 Å². The molecule has 0 fully saturated rings. The van der Waals surface area contributed by atoms with Crippen molar-refractivity contribution in [2.45, 2.75) is 11.3 Å². The van der Waals surface area contributed by atoms with E-state index < -0.39 is 32.9 Å². The zero-order chi connectivity index (χ0) is 19.9. The molecule has 142 valence electrons. The van der Waals surface area contributed by atoms with Crippen LogP contribution in [0.4, 0.5) is 13.2 Å². The number of halogens is 5. The molecule has 0 unspecified atom stereocenters. The first kappa shape index (κ1) is 20.1. The first-order chi connectivity index (χ1) is 12.6. The highest BCUT2D eigenvalue weighted by atomic mass is 79.9. The predicted molar refractivity (Wildman–Crippen MR) is 101 cm³/mol. The molecule has 11 heteroatoms. The maximum Gasteiger partial charge on any atom is 0.282 e. The largest absolute Gasteiger partial charge is 0.282 e. The molecule has 27 heavy (non-hydrogen) atoms. The average Bonchev–Trinajstić information content (AvgIpc) is 2.98. The Balaban J connectivity index is 2.22. The Labute approximate surface area is 169 Å². The van der Waals surface area contributed by atoms with Crippen LogP contribution in [-0.4, -0.2) is 18.2 Å². The van der Waals surface area contributed by atoms with Crippen molar-refractivity contribution in [3.05, 3.63) is 62.9 Å². The van der Waals surface area contributed by atoms with Crippen LogP contribution in [0.3, 0.4) is 0 Å². The van der Waals surface area contributed by atoms with E-state index in [-0.39, 0.29) is 11.3 Å². The summed E-state index contributed by atoms with van der Waals surface area (Å²) >= 11 is 6.62. The zero-order valence-corrected chi connectivity index (χ0v) is 17.2. The van der Waals surface area contributed by atoms with E-state index in [1.807, 2.05) is 0 Å². The molecule has 0 radical (unpaired) electrons. The van der Waals surface area contributed by atoms with Crippen LogP contribution in [-0.2, 0) is 10.0 Å². The zero-order valence-electron chi connectivity index (χ0n) is 13.2. The first-order valence-corrected chi connectivity index (χ1v) is 10.4. The van der Waals surface area contributed by atoms with E-state index in [9.17, 15) is 21.6 Å². The van der Waals surface area contributed by atoms with Crippen molar-refractivity contribution in [3.8, 4) is 16.9 Å². The summed E-state index contributed by atoms with van der Waals surface area (Å²) in [6.45, 7) is 0. The summed E-state index contributed by atoms with van der Waals surface area (Å²) in [5.41, 5.74) is 0.261. The second kappa shape index (κ2) is 7.38. The SMILES string of the molecule is NS(=O)(=O)c1ccc(-c2cc(C(F)F)nn2-c2cc(Br)cc(Br)c2)cc1F. The number of nitrogens with zero attached hydrogens (tertiary/aromatic N) is 2. The molecule has 5 nitrogen and oxygen atoms in total. The van der Waals surface area contributed by atoms with Gasteiger partial charge in [0, 0.05) is 14.5 Å². The number of hydrogen-bond acceptors (Lipinski definition) is 3. The molecule has 1 heterocycles. The van der Waals surface area contributed by atoms with Crippen molar-refractivity contribution in [2.75, 3.05) is 0 Å². The standard InChI is InChI=1S/C16H10Br2F3N3O2S/c17-9-4-10(18)6-11(5-9)24-14(7-13(23-24)16(20)21)8-1-2-15(12(19)3-8)27(22,25)26/h1-7,16H,(H2,22,25,26). The quantitative estimate of drug-likeness (QED) is 0.533. The monoisotopic (exact) mass is 523 g/mol. The minimum absolute atomic E-state index is 0.162. The van der Waals surface area contributed by atoms with E-state index in [4.69, 9.17) is 5.14 Å². The normalized spacial score (nSPS) is 12.0. The van der Waals surface area contributed by atoms with Crippen molar-refractivity contribution in [1.29, 1.82) is 0 Å². The highest BCUT2D eigenvalue weighted by molar-refractivity contribution is 9.11. The fraction of sp³-hybridized carbons (Fsp3) is 0.0625. The maximum atomic E-state index is 14.2. The van der Waals surface area contributed by atoms with Crippen molar-refractivity contribution in [2.24, 2.45) is 5.14 Å². The predicted octanol–water partition coefficient (Wildman–Crippen LogP) is 4.79. The first-order valence-electron chi connectivity index (χ1n) is 7.23. The Morgan fingerprint density at radius 2 is 1.67 bits per heavy atom. The van der Waals surface area contributed by atoms with Crippen LogP contribution in [0.1, 0.15) is 12.1 Å². The third-order valence-corrected chi connectivity index (χ3v) is 5.44. The Bertz CT molecular complexity index is 1110. The Kier molecular flexibility index (Phi) is 5.48. The molecule has 3 aromatic rings. The summed E-state index contributed by atoms with van der Waals surface area (Å²) in [6, 6.07) is 9.33. The van der Waals surface area contributed by atoms with Gasteiger partial charge in [0.25, 0.3) is 6.43 Å². The second-order valence-electron chi connectivity index (χ2n) is 5.48. The van der Waals surface area contributed by atoms with Gasteiger partial charge in [-0.1, -0.05) is 37.9 Å². The van der Waals surface area contributed by atoms with Gasteiger partial charge in [-0.3, -0.25) is 0 Å². The number of hydrogen-bond donors (Lipinski definition) is 1. The highest BCUT2D eigenvalue weighted by Crippen LogP contribution is 2.31. The summed E-state index contributed by atoms with van der Waals surface area (Å²) in [5.74, 6) is -1.09. The lowest BCUT2D eigenvalue weighted by Crippen LogP contribution is -2.14. The number of alkyl halides is 2. The van der Waals surface area contributed by atoms with E-state index >= 15 is 0 Å². The fourth-order valence-corrected chi connectivity index (χ4v) is 4.32. The van der Waals surface area contributed by atoms with Crippen LogP contribution in [0.5, 0.6) is 0 Å². The molecule has 0 aliphatic carbocycles. The second-order valence-corrected chi connectivity index (χ2v) is 8.85. The van der Waals surface area contributed by atoms with E-state index in [2.05, 4.69) is 37.0 Å². The van der Waals surface area contributed by atoms with Gasteiger partial charge in [-0.25, -0.2) is 31.4 Å². The third-order valence-electron chi connectivity index (χ3n) is 3.58. The van der Waals surface area contributed by atoms with Gasteiger partial charge in [0.1, 0.15) is 16.4 Å². The molecule has 0 saturated heterocycles. The fourth-order valence-electron chi connectivity index (χ4n) is 2.46. The highest BCUT2D eigenvalue weighted by Gasteiger charge is 2.21. The summed E-state index contributed by atoms with van der Waals surface area (Å²) in [7, 11) is -4.24. The number of nitrogens with two attached hydrogens (primary N) is 1. The molecule has 0 bridgehead atoms. The van der Waals surface area contributed by atoms with Gasteiger partial charge < -0.3 is 0 Å². The van der Waals surface area contributed by atoms with Gasteiger partial charge in [-0.15, -0.1) is 0 Å². The van der Waals surface area contributed by atoms with Crippen LogP contribution < -0.4 is 5.14 Å². The minimum Gasteiger partial charge on any atom is -0.233 e. The molecule has 0 atom stereocenters. The minimum atomic E-state index is -4.24. The van der Waals surface area contributed by atoms with Crippen molar-refractivity contribution >= 4 is 41.9 Å². The summed E-state index contributed by atoms with van der Waals surface area (Å²) in [4.78, 5) is -0.684. The molecular weight excluding hydrogens is 515 g/mol. The molecule has 0 amide bonds. The molecule has 0 spiro atoms. The molecule has 2 aromatic carbocycles. The third kappa shape index (κ3) is 4.26. The van der Waals surface area contributed by atoms with E-state index in [1.165, 1.54) is 10.7 Å². The van der Waals surface area contributed by atoms with E-state index in [1.54, 1.807) is 18.2 Å². The summed E-state index contributed by atoms with van der Waals surface area (Å²) in [6.07, 6.45) is -2.84. The van der Waals surface area contributed by atoms with Crippen molar-refractivity contribution in [3.63, 3.8) is 0 Å². The number of rotatable bonds is 4. The summed E-state index contributed by atoms with van der Waals surface area (Å²) < 4.78 is 65.9. The van der Waals surface area contributed by atoms with Gasteiger partial charge in [0.05, 0.1) is 11.4 Å². The lowest BCUT2D eigenvalue weighted by Gasteiger charge is -2.10. The van der Waals surface area contributed by atoms with Gasteiger partial charge >= 0.3 is 0 Å². The van der Waals surface area contributed by atoms with Crippen molar-refractivity contribution < 1.29 is 21.6 Å². The van der Waals surface area contributed by atoms with Gasteiger partial charge in [0.15, 0.2) is 0 Å². The summed E-state index contributed by atoms with van der Waals surface area (Å²) in [5, 5.41) is 8.85. The van der Waals surface area contributed by atoms with E-state index in [0.717, 1.165) is 18.2 Å². The van der Waals surface area contributed by atoms with Gasteiger partial charge in [-0.2, -0.15) is 5.10 Å². The molecule has 2 N–H and O–H groups in total. The average molecular weight is 525 g/mol. The molecule has 0 aliphatic heterocycles. The number of aromatic nitrogens is 2. The Morgan fingerprint density at radius 1 is 1.04 bits per heavy atom. The van der Waals surface area contributed by atoms with Crippen LogP contribution >= 0.6 is 31.9 Å². The lowest BCUT2D eigenvalue weighted by molar-refractivity contribution is 0.145. The lowest BCUT2D eigenvalue weighted by atomic mass is 10.1. The van der Waals surface area contributed by atoms with Crippen molar-refractivity contribution in [1.82, 2.24) is 9.78 Å². The Hall–Kier alpha value is -1.69. The molecule has 3 rings (SSSR count). The maximum absolute atomic E-state index is 14.2. The topological polar surface area (TPSA) is 78.0 Å². The van der Waals surface area contributed by atoms with Gasteiger partial charge in [0.2, 0.25) is 10.0 Å².